The first kappa shape index (κ1) is 14.2. The summed E-state index contributed by atoms with van der Waals surface area (Å²) in [5.41, 5.74) is -0.268. The molecule has 2 rings (SSSR count). The van der Waals surface area contributed by atoms with Crippen LogP contribution in [0.25, 0.3) is 0 Å². The zero-order valence-electron chi connectivity index (χ0n) is 9.84. The molecule has 1 amide bonds. The number of rotatable bonds is 3. The highest BCUT2D eigenvalue weighted by Crippen LogP contribution is 2.24. The summed E-state index contributed by atoms with van der Waals surface area (Å²) in [5, 5.41) is 13.7. The number of carbonyl (C=O) groups is 1. The third-order valence-corrected chi connectivity index (χ3v) is 2.95. The molecule has 1 N–H and O–H groups in total. The van der Waals surface area contributed by atoms with Crippen molar-refractivity contribution < 1.29 is 9.72 Å². The molecule has 0 unspecified atom stereocenters. The number of anilines is 1. The summed E-state index contributed by atoms with van der Waals surface area (Å²) in [4.78, 5) is 25.8. The van der Waals surface area contributed by atoms with Gasteiger partial charge < -0.3 is 5.32 Å². The summed E-state index contributed by atoms with van der Waals surface area (Å²) in [6, 6.07) is 7.67. The first-order valence-corrected chi connectivity index (χ1v) is 6.10. The number of nitro groups is 1. The van der Waals surface area contributed by atoms with Crippen LogP contribution in [0.4, 0.5) is 11.4 Å². The largest absolute Gasteiger partial charge is 0.320 e. The third kappa shape index (κ3) is 3.04. The van der Waals surface area contributed by atoms with Gasteiger partial charge in [-0.05, 0) is 18.2 Å². The number of hydrogen-bond donors (Lipinski definition) is 1. The number of benzene rings is 1. The minimum absolute atomic E-state index is 0.0140. The fourth-order valence-corrected chi connectivity index (χ4v) is 1.84. The van der Waals surface area contributed by atoms with Gasteiger partial charge in [0.2, 0.25) is 0 Å². The van der Waals surface area contributed by atoms with E-state index in [2.05, 4.69) is 10.3 Å². The van der Waals surface area contributed by atoms with Crippen LogP contribution >= 0.6 is 23.2 Å². The molecule has 0 spiro atoms. The van der Waals surface area contributed by atoms with E-state index in [1.54, 1.807) is 24.3 Å². The lowest BCUT2D eigenvalue weighted by Gasteiger charge is -2.07. The Hall–Kier alpha value is -2.18. The standard InChI is InChI=1S/C12H7Cl2N3O3/c13-8-3-1-2-4-9(8)16-12(18)7-5-11(14)15-6-10(7)17(19)20/h1-6H,(H,16,18). The number of amides is 1. The minimum Gasteiger partial charge on any atom is -0.320 e. The maximum absolute atomic E-state index is 12.1. The van der Waals surface area contributed by atoms with Crippen LogP contribution in [0.5, 0.6) is 0 Å². The molecule has 0 aliphatic rings. The minimum atomic E-state index is -0.704. The number of halogens is 2. The van der Waals surface area contributed by atoms with E-state index in [9.17, 15) is 14.9 Å². The van der Waals surface area contributed by atoms with Gasteiger partial charge in [0, 0.05) is 0 Å². The van der Waals surface area contributed by atoms with Crippen molar-refractivity contribution in [1.29, 1.82) is 0 Å². The molecule has 102 valence electrons. The molecule has 0 saturated heterocycles. The van der Waals surface area contributed by atoms with Crippen molar-refractivity contribution in [2.45, 2.75) is 0 Å². The van der Waals surface area contributed by atoms with Crippen LogP contribution in [0.15, 0.2) is 36.5 Å². The Morgan fingerprint density at radius 3 is 2.65 bits per heavy atom. The highest BCUT2D eigenvalue weighted by atomic mass is 35.5. The van der Waals surface area contributed by atoms with Gasteiger partial charge >= 0.3 is 0 Å². The molecular formula is C12H7Cl2N3O3. The zero-order valence-corrected chi connectivity index (χ0v) is 11.4. The van der Waals surface area contributed by atoms with Crippen LogP contribution in [0.3, 0.4) is 0 Å². The number of aromatic nitrogens is 1. The monoisotopic (exact) mass is 311 g/mol. The molecule has 6 nitrogen and oxygen atoms in total. The molecule has 0 fully saturated rings. The SMILES string of the molecule is O=C(Nc1ccccc1Cl)c1cc(Cl)ncc1[N+](=O)[O-]. The summed E-state index contributed by atoms with van der Waals surface area (Å²) in [7, 11) is 0. The van der Waals surface area contributed by atoms with Crippen LogP contribution in [-0.2, 0) is 0 Å². The normalized spacial score (nSPS) is 10.1. The van der Waals surface area contributed by atoms with Crippen LogP contribution in [0.2, 0.25) is 10.2 Å². The van der Waals surface area contributed by atoms with Crippen LogP contribution < -0.4 is 5.32 Å². The lowest BCUT2D eigenvalue weighted by Crippen LogP contribution is -2.14. The van der Waals surface area contributed by atoms with Crippen molar-refractivity contribution in [2.24, 2.45) is 0 Å². The van der Waals surface area contributed by atoms with Gasteiger partial charge in [-0.25, -0.2) is 4.98 Å². The number of nitrogens with zero attached hydrogens (tertiary/aromatic N) is 2. The van der Waals surface area contributed by atoms with E-state index in [0.717, 1.165) is 12.3 Å². The Kier molecular flexibility index (Phi) is 4.16. The van der Waals surface area contributed by atoms with E-state index in [0.29, 0.717) is 10.7 Å². The Morgan fingerprint density at radius 2 is 2.00 bits per heavy atom. The summed E-state index contributed by atoms with van der Waals surface area (Å²) in [6.45, 7) is 0. The van der Waals surface area contributed by atoms with Crippen LogP contribution in [0.1, 0.15) is 10.4 Å². The molecule has 20 heavy (non-hydrogen) atoms. The lowest BCUT2D eigenvalue weighted by atomic mass is 10.2. The maximum Gasteiger partial charge on any atom is 0.300 e. The molecular weight excluding hydrogens is 305 g/mol. The van der Waals surface area contributed by atoms with Crippen LogP contribution in [0, 0.1) is 10.1 Å². The molecule has 2 aromatic rings. The topological polar surface area (TPSA) is 85.1 Å². The highest BCUT2D eigenvalue weighted by molar-refractivity contribution is 6.34. The molecule has 0 aliphatic heterocycles. The van der Waals surface area contributed by atoms with Gasteiger partial charge in [0.15, 0.2) is 0 Å². The van der Waals surface area contributed by atoms with Crippen molar-refractivity contribution in [3.63, 3.8) is 0 Å². The predicted octanol–water partition coefficient (Wildman–Crippen LogP) is 3.55. The molecule has 1 heterocycles. The molecule has 1 aromatic carbocycles. The van der Waals surface area contributed by atoms with E-state index >= 15 is 0 Å². The van der Waals surface area contributed by atoms with Crippen molar-refractivity contribution in [2.75, 3.05) is 5.32 Å². The number of pyridine rings is 1. The Balaban J connectivity index is 2.37. The van der Waals surface area contributed by atoms with Crippen molar-refractivity contribution >= 4 is 40.5 Å². The molecule has 8 heteroatoms. The second-order valence-corrected chi connectivity index (χ2v) is 4.51. The number of para-hydroxylation sites is 1. The number of hydrogen-bond acceptors (Lipinski definition) is 4. The number of nitrogens with one attached hydrogen (secondary N) is 1. The molecule has 0 saturated carbocycles. The van der Waals surface area contributed by atoms with Gasteiger partial charge in [0.05, 0.1) is 15.6 Å². The smallest absolute Gasteiger partial charge is 0.300 e. The van der Waals surface area contributed by atoms with Gasteiger partial charge in [-0.2, -0.15) is 0 Å². The van der Waals surface area contributed by atoms with Crippen molar-refractivity contribution in [1.82, 2.24) is 4.98 Å². The Bertz CT molecular complexity index is 691. The fourth-order valence-electron chi connectivity index (χ4n) is 1.50. The Morgan fingerprint density at radius 1 is 1.30 bits per heavy atom. The lowest BCUT2D eigenvalue weighted by molar-refractivity contribution is -0.385. The molecule has 0 radical (unpaired) electrons. The summed E-state index contributed by atoms with van der Waals surface area (Å²) >= 11 is 11.6. The van der Waals surface area contributed by atoms with Gasteiger partial charge in [0.1, 0.15) is 16.9 Å². The van der Waals surface area contributed by atoms with Gasteiger partial charge in [-0.15, -0.1) is 0 Å². The second kappa shape index (κ2) is 5.85. The van der Waals surface area contributed by atoms with Crippen LogP contribution in [-0.4, -0.2) is 15.8 Å². The average molecular weight is 312 g/mol. The fraction of sp³-hybridized carbons (Fsp3) is 0. The third-order valence-electron chi connectivity index (χ3n) is 2.41. The van der Waals surface area contributed by atoms with Gasteiger partial charge in [0.25, 0.3) is 11.6 Å². The van der Waals surface area contributed by atoms with Gasteiger partial charge in [-0.1, -0.05) is 35.3 Å². The maximum atomic E-state index is 12.1. The van der Waals surface area contributed by atoms with E-state index < -0.39 is 16.5 Å². The zero-order chi connectivity index (χ0) is 14.7. The average Bonchev–Trinajstić information content (AvgIpc) is 2.40. The first-order chi connectivity index (χ1) is 9.49. The predicted molar refractivity (Wildman–Crippen MR) is 75.3 cm³/mol. The molecule has 0 atom stereocenters. The first-order valence-electron chi connectivity index (χ1n) is 5.35. The second-order valence-electron chi connectivity index (χ2n) is 3.72. The number of carbonyl (C=O) groups excluding carboxylic acids is 1. The van der Waals surface area contributed by atoms with Crippen molar-refractivity contribution in [3.05, 3.63) is 62.4 Å². The molecule has 0 bridgehead atoms. The quantitative estimate of drug-likeness (QED) is 0.533. The molecule has 1 aromatic heterocycles. The van der Waals surface area contributed by atoms with Crippen molar-refractivity contribution in [3.8, 4) is 0 Å². The Labute approximate surface area is 123 Å². The van der Waals surface area contributed by atoms with E-state index in [4.69, 9.17) is 23.2 Å². The summed E-state index contributed by atoms with van der Waals surface area (Å²) < 4.78 is 0. The highest BCUT2D eigenvalue weighted by Gasteiger charge is 2.21. The van der Waals surface area contributed by atoms with Gasteiger partial charge in [-0.3, -0.25) is 14.9 Å². The summed E-state index contributed by atoms with van der Waals surface area (Å²) in [6.07, 6.45) is 0.934. The summed E-state index contributed by atoms with van der Waals surface area (Å²) in [5.74, 6) is -0.686. The van der Waals surface area contributed by atoms with E-state index in [-0.39, 0.29) is 10.7 Å². The molecule has 0 aliphatic carbocycles. The van der Waals surface area contributed by atoms with E-state index in [1.165, 1.54) is 0 Å². The van der Waals surface area contributed by atoms with E-state index in [1.807, 2.05) is 0 Å².